The lowest BCUT2D eigenvalue weighted by molar-refractivity contribution is -0.140. The molecule has 6 rings (SSSR count). The van der Waals surface area contributed by atoms with Gasteiger partial charge in [-0.2, -0.15) is 0 Å². The van der Waals surface area contributed by atoms with Gasteiger partial charge in [0.05, 0.1) is 18.2 Å². The number of Topliss-reactive ketones (excluding diaryl/α,β-unsaturated/α-hetero) is 1. The molecule has 0 saturated carbocycles. The molecule has 9 heteroatoms. The van der Waals surface area contributed by atoms with Gasteiger partial charge in [-0.05, 0) is 66.1 Å². The molecule has 43 heavy (non-hydrogen) atoms. The Kier molecular flexibility index (Phi) is 7.95. The van der Waals surface area contributed by atoms with Crippen molar-refractivity contribution in [1.29, 1.82) is 0 Å². The number of pyridine rings is 1. The first-order chi connectivity index (χ1) is 21.0. The van der Waals surface area contributed by atoms with Gasteiger partial charge in [-0.3, -0.25) is 14.6 Å². The number of rotatable bonds is 9. The maximum Gasteiger partial charge on any atom is 0.295 e. The van der Waals surface area contributed by atoms with Gasteiger partial charge in [0, 0.05) is 24.5 Å². The summed E-state index contributed by atoms with van der Waals surface area (Å²) in [4.78, 5) is 32.6. The Morgan fingerprint density at radius 2 is 1.65 bits per heavy atom. The molecule has 1 atom stereocenters. The number of amides is 1. The van der Waals surface area contributed by atoms with Crippen molar-refractivity contribution in [3.8, 4) is 23.0 Å². The molecule has 4 aromatic rings. The van der Waals surface area contributed by atoms with Crippen LogP contribution in [0.25, 0.3) is 5.76 Å². The van der Waals surface area contributed by atoms with E-state index in [9.17, 15) is 14.7 Å². The van der Waals surface area contributed by atoms with Crippen molar-refractivity contribution in [1.82, 2.24) is 9.88 Å². The zero-order valence-electron chi connectivity index (χ0n) is 23.6. The van der Waals surface area contributed by atoms with E-state index in [2.05, 4.69) is 4.98 Å². The molecule has 0 radical (unpaired) electrons. The smallest absolute Gasteiger partial charge is 0.295 e. The number of carbonyl (C=O) groups is 2. The second-order valence-corrected chi connectivity index (χ2v) is 10.1. The predicted octanol–water partition coefficient (Wildman–Crippen LogP) is 5.45. The summed E-state index contributed by atoms with van der Waals surface area (Å²) >= 11 is 0. The number of aromatic nitrogens is 1. The summed E-state index contributed by atoms with van der Waals surface area (Å²) in [6.07, 6.45) is 3.25. The Hall–Kier alpha value is -5.31. The van der Waals surface area contributed by atoms with E-state index in [1.165, 1.54) is 4.90 Å². The molecule has 1 saturated heterocycles. The van der Waals surface area contributed by atoms with Gasteiger partial charge in [0.25, 0.3) is 11.7 Å². The van der Waals surface area contributed by atoms with E-state index < -0.39 is 17.7 Å². The van der Waals surface area contributed by atoms with Crippen molar-refractivity contribution >= 4 is 17.4 Å². The van der Waals surface area contributed by atoms with Crippen LogP contribution in [0.1, 0.15) is 35.2 Å². The average Bonchev–Trinajstić information content (AvgIpc) is 3.29. The fraction of sp³-hybridized carbons (Fsp3) is 0.206. The average molecular weight is 579 g/mol. The van der Waals surface area contributed by atoms with Gasteiger partial charge in [-0.15, -0.1) is 0 Å². The number of nitrogens with zero attached hydrogens (tertiary/aromatic N) is 2. The van der Waals surface area contributed by atoms with Crippen molar-refractivity contribution in [3.63, 3.8) is 0 Å². The zero-order chi connectivity index (χ0) is 29.8. The first kappa shape index (κ1) is 27.8. The number of ketones is 1. The van der Waals surface area contributed by atoms with Crippen LogP contribution in [0.3, 0.4) is 0 Å². The summed E-state index contributed by atoms with van der Waals surface area (Å²) in [5.41, 5.74) is 2.68. The Morgan fingerprint density at radius 1 is 0.884 bits per heavy atom. The van der Waals surface area contributed by atoms with Crippen LogP contribution in [0, 0.1) is 0 Å². The molecular weight excluding hydrogens is 548 g/mol. The minimum absolute atomic E-state index is 0.0314. The highest BCUT2D eigenvalue weighted by Crippen LogP contribution is 2.44. The summed E-state index contributed by atoms with van der Waals surface area (Å²) in [7, 11) is 0. The SMILES string of the molecule is CCOc1cc([C@@H]2C(=C(O)c3ccc4c(c3)OCCO4)C(=O)C(=O)N2Cc2ccncc2)ccc1OCc1ccccc1. The molecule has 0 unspecified atom stereocenters. The van der Waals surface area contributed by atoms with Crippen molar-refractivity contribution in [2.75, 3.05) is 19.8 Å². The largest absolute Gasteiger partial charge is 0.507 e. The topological polar surface area (TPSA) is 107 Å². The molecule has 3 heterocycles. The van der Waals surface area contributed by atoms with Gasteiger partial charge in [-0.25, -0.2) is 0 Å². The number of likely N-dealkylation sites (tertiary alicyclic amines) is 1. The van der Waals surface area contributed by atoms with Gasteiger partial charge >= 0.3 is 0 Å². The van der Waals surface area contributed by atoms with Crippen molar-refractivity contribution in [2.45, 2.75) is 26.1 Å². The summed E-state index contributed by atoms with van der Waals surface area (Å²) < 4.78 is 23.3. The summed E-state index contributed by atoms with van der Waals surface area (Å²) in [5.74, 6) is 0.176. The standard InChI is InChI=1S/C34H30N2O7/c1-2-40-28-18-24(8-10-27(28)43-21-23-6-4-3-5-7-23)31-30(32(37)25-9-11-26-29(19-25)42-17-16-41-26)33(38)34(39)36(31)20-22-12-14-35-15-13-22/h3-15,18-19,31,37H,2,16-17,20-21H2,1H3/t31-/m1/s1. The van der Waals surface area contributed by atoms with Crippen LogP contribution in [-0.4, -0.2) is 46.5 Å². The molecule has 0 spiro atoms. The molecule has 1 fully saturated rings. The number of hydrogen-bond donors (Lipinski definition) is 1. The number of ether oxygens (including phenoxy) is 4. The zero-order valence-corrected chi connectivity index (χ0v) is 23.6. The van der Waals surface area contributed by atoms with Gasteiger partial charge in [-0.1, -0.05) is 36.4 Å². The second-order valence-electron chi connectivity index (χ2n) is 10.1. The van der Waals surface area contributed by atoms with E-state index in [0.717, 1.165) is 11.1 Å². The number of carbonyl (C=O) groups excluding carboxylic acids is 2. The summed E-state index contributed by atoms with van der Waals surface area (Å²) in [5, 5.41) is 11.6. The summed E-state index contributed by atoms with van der Waals surface area (Å²) in [6.45, 7) is 3.50. The molecule has 1 aromatic heterocycles. The summed E-state index contributed by atoms with van der Waals surface area (Å²) in [6, 6.07) is 22.7. The number of hydrogen-bond acceptors (Lipinski definition) is 8. The molecule has 218 valence electrons. The molecule has 1 N–H and O–H groups in total. The van der Waals surface area contributed by atoms with E-state index in [-0.39, 0.29) is 17.9 Å². The highest BCUT2D eigenvalue weighted by atomic mass is 16.6. The normalized spacial score (nSPS) is 17.1. The minimum atomic E-state index is -0.899. The monoisotopic (exact) mass is 578 g/mol. The van der Waals surface area contributed by atoms with E-state index in [1.807, 2.05) is 37.3 Å². The van der Waals surface area contributed by atoms with E-state index in [4.69, 9.17) is 18.9 Å². The molecule has 0 bridgehead atoms. The van der Waals surface area contributed by atoms with Crippen LogP contribution in [0.4, 0.5) is 0 Å². The van der Waals surface area contributed by atoms with Crippen LogP contribution in [0.5, 0.6) is 23.0 Å². The first-order valence-electron chi connectivity index (χ1n) is 14.0. The van der Waals surface area contributed by atoms with Crippen LogP contribution < -0.4 is 18.9 Å². The second kappa shape index (κ2) is 12.3. The fourth-order valence-electron chi connectivity index (χ4n) is 5.24. The third-order valence-corrected chi connectivity index (χ3v) is 7.28. The Morgan fingerprint density at radius 3 is 2.42 bits per heavy atom. The van der Waals surface area contributed by atoms with Gasteiger partial charge in [0.15, 0.2) is 23.0 Å². The minimum Gasteiger partial charge on any atom is -0.507 e. The fourth-order valence-corrected chi connectivity index (χ4v) is 5.24. The molecule has 1 amide bonds. The van der Waals surface area contributed by atoms with Crippen molar-refractivity contribution in [3.05, 3.63) is 119 Å². The first-order valence-corrected chi connectivity index (χ1v) is 14.0. The number of aliphatic hydroxyl groups is 1. The lowest BCUT2D eigenvalue weighted by Crippen LogP contribution is -2.29. The Labute approximate surface area is 248 Å². The third kappa shape index (κ3) is 5.74. The van der Waals surface area contributed by atoms with E-state index in [0.29, 0.717) is 60.6 Å². The van der Waals surface area contributed by atoms with Crippen molar-refractivity contribution in [2.24, 2.45) is 0 Å². The lowest BCUT2D eigenvalue weighted by Gasteiger charge is -2.26. The number of fused-ring (bicyclic) bond motifs is 1. The van der Waals surface area contributed by atoms with Gasteiger partial charge < -0.3 is 29.0 Å². The molecular formula is C34H30N2O7. The number of benzene rings is 3. The molecule has 3 aromatic carbocycles. The van der Waals surface area contributed by atoms with Crippen LogP contribution in [-0.2, 0) is 22.7 Å². The van der Waals surface area contributed by atoms with Crippen molar-refractivity contribution < 1.29 is 33.6 Å². The maximum absolute atomic E-state index is 13.6. The molecule has 2 aliphatic heterocycles. The van der Waals surface area contributed by atoms with E-state index in [1.54, 1.807) is 60.9 Å². The van der Waals surface area contributed by atoms with Crippen LogP contribution in [0.2, 0.25) is 0 Å². The Balaban J connectivity index is 1.43. The molecule has 2 aliphatic rings. The highest BCUT2D eigenvalue weighted by Gasteiger charge is 2.46. The lowest BCUT2D eigenvalue weighted by atomic mass is 9.94. The maximum atomic E-state index is 13.6. The number of aliphatic hydroxyl groups excluding tert-OH is 1. The quantitative estimate of drug-likeness (QED) is 0.159. The molecule has 9 nitrogen and oxygen atoms in total. The third-order valence-electron chi connectivity index (χ3n) is 7.28. The molecule has 0 aliphatic carbocycles. The Bertz CT molecular complexity index is 1670. The van der Waals surface area contributed by atoms with Crippen LogP contribution in [0.15, 0.2) is 96.8 Å². The van der Waals surface area contributed by atoms with Crippen LogP contribution >= 0.6 is 0 Å². The van der Waals surface area contributed by atoms with Gasteiger partial charge in [0.2, 0.25) is 0 Å². The van der Waals surface area contributed by atoms with E-state index >= 15 is 0 Å². The highest BCUT2D eigenvalue weighted by molar-refractivity contribution is 6.46. The van der Waals surface area contributed by atoms with Gasteiger partial charge in [0.1, 0.15) is 25.6 Å². The predicted molar refractivity (Wildman–Crippen MR) is 158 cm³/mol.